The van der Waals surface area contributed by atoms with Crippen LogP contribution in [0.1, 0.15) is 25.8 Å². The van der Waals surface area contributed by atoms with E-state index in [4.69, 9.17) is 0 Å². The summed E-state index contributed by atoms with van der Waals surface area (Å²) in [5.74, 6) is -0.821. The van der Waals surface area contributed by atoms with Crippen molar-refractivity contribution >= 4 is 18.1 Å². The predicted molar refractivity (Wildman–Crippen MR) is 102 cm³/mol. The van der Waals surface area contributed by atoms with Crippen molar-refractivity contribution < 1.29 is 14.4 Å². The number of likely N-dealkylation sites (N-methyl/N-ethyl adjacent to an activating group) is 1. The van der Waals surface area contributed by atoms with Crippen molar-refractivity contribution in [3.63, 3.8) is 0 Å². The summed E-state index contributed by atoms with van der Waals surface area (Å²) in [6.07, 6.45) is 4.22. The van der Waals surface area contributed by atoms with Crippen LogP contribution in [0, 0.1) is 0 Å². The number of aldehydes is 1. The van der Waals surface area contributed by atoms with E-state index >= 15 is 0 Å². The summed E-state index contributed by atoms with van der Waals surface area (Å²) in [4.78, 5) is 37.5. The number of nitrogens with one attached hydrogen (secondary N) is 2. The molecule has 0 atom stereocenters. The van der Waals surface area contributed by atoms with Gasteiger partial charge in [-0.1, -0.05) is 37.3 Å². The molecule has 6 nitrogen and oxygen atoms in total. The highest BCUT2D eigenvalue weighted by Gasteiger charge is 2.13. The normalized spacial score (nSPS) is 11.7. The topological polar surface area (TPSA) is 78.5 Å². The lowest BCUT2D eigenvalue weighted by atomic mass is 10.1. The standard InChI is InChI=1S/C20H27N3O3/c1-4-11-22-19(25)17(12-18(15-24)20(26)21-5-2)14-23(3)13-16-9-7-6-8-10-16/h6-10,12,14-15H,4-5,11,13H2,1-3H3,(H,21,26)(H,22,25)/b17-14+,18-12+. The van der Waals surface area contributed by atoms with Gasteiger partial charge in [-0.3, -0.25) is 14.4 Å². The van der Waals surface area contributed by atoms with Gasteiger partial charge < -0.3 is 15.5 Å². The van der Waals surface area contributed by atoms with E-state index in [2.05, 4.69) is 10.6 Å². The molecule has 1 aromatic rings. The molecule has 0 saturated heterocycles. The van der Waals surface area contributed by atoms with Gasteiger partial charge in [-0.05, 0) is 25.0 Å². The smallest absolute Gasteiger partial charge is 0.254 e. The number of carbonyl (C=O) groups excluding carboxylic acids is 3. The molecule has 0 spiro atoms. The van der Waals surface area contributed by atoms with Gasteiger partial charge in [-0.25, -0.2) is 0 Å². The summed E-state index contributed by atoms with van der Waals surface area (Å²) in [6, 6.07) is 9.81. The molecule has 0 bridgehead atoms. The molecule has 0 aliphatic carbocycles. The van der Waals surface area contributed by atoms with Crippen LogP contribution in [0.5, 0.6) is 0 Å². The Morgan fingerprint density at radius 1 is 1.04 bits per heavy atom. The average Bonchev–Trinajstić information content (AvgIpc) is 2.63. The lowest BCUT2D eigenvalue weighted by molar-refractivity contribution is -0.119. The summed E-state index contributed by atoms with van der Waals surface area (Å²) in [6.45, 7) is 5.23. The molecule has 2 amide bonds. The third-order valence-corrected chi connectivity index (χ3v) is 3.47. The minimum Gasteiger partial charge on any atom is -0.375 e. The third-order valence-electron chi connectivity index (χ3n) is 3.47. The monoisotopic (exact) mass is 357 g/mol. The summed E-state index contributed by atoms with van der Waals surface area (Å²) < 4.78 is 0. The lowest BCUT2D eigenvalue weighted by Crippen LogP contribution is -2.28. The number of amides is 2. The number of benzene rings is 1. The molecule has 1 aromatic carbocycles. The van der Waals surface area contributed by atoms with Gasteiger partial charge in [0.15, 0.2) is 6.29 Å². The largest absolute Gasteiger partial charge is 0.375 e. The first kappa shape index (κ1) is 21.2. The molecule has 0 saturated carbocycles. The van der Waals surface area contributed by atoms with Crippen LogP contribution in [0.25, 0.3) is 0 Å². The first-order chi connectivity index (χ1) is 12.5. The van der Waals surface area contributed by atoms with Crippen LogP contribution in [0.15, 0.2) is 53.8 Å². The maximum atomic E-state index is 12.4. The Bertz CT molecular complexity index is 666. The first-order valence-corrected chi connectivity index (χ1v) is 8.71. The van der Waals surface area contributed by atoms with Crippen molar-refractivity contribution in [2.45, 2.75) is 26.8 Å². The third kappa shape index (κ3) is 7.34. The Kier molecular flexibility index (Phi) is 9.46. The molecular formula is C20H27N3O3. The second-order valence-corrected chi connectivity index (χ2v) is 5.82. The zero-order chi connectivity index (χ0) is 19.4. The van der Waals surface area contributed by atoms with Gasteiger partial charge in [-0.15, -0.1) is 0 Å². The number of hydrogen-bond donors (Lipinski definition) is 2. The van der Waals surface area contributed by atoms with Crippen LogP contribution in [-0.4, -0.2) is 43.1 Å². The highest BCUT2D eigenvalue weighted by atomic mass is 16.2. The van der Waals surface area contributed by atoms with Crippen molar-refractivity contribution in [2.24, 2.45) is 0 Å². The number of nitrogens with zero attached hydrogens (tertiary/aromatic N) is 1. The van der Waals surface area contributed by atoms with Gasteiger partial charge in [0.2, 0.25) is 0 Å². The maximum Gasteiger partial charge on any atom is 0.254 e. The zero-order valence-electron chi connectivity index (χ0n) is 15.6. The molecule has 0 unspecified atom stereocenters. The minimum atomic E-state index is -0.498. The molecule has 6 heteroatoms. The van der Waals surface area contributed by atoms with Crippen LogP contribution in [0.3, 0.4) is 0 Å². The fourth-order valence-electron chi connectivity index (χ4n) is 2.24. The average molecular weight is 357 g/mol. The van der Waals surface area contributed by atoms with Crippen LogP contribution < -0.4 is 10.6 Å². The van der Waals surface area contributed by atoms with E-state index in [0.717, 1.165) is 12.0 Å². The molecule has 26 heavy (non-hydrogen) atoms. The summed E-state index contributed by atoms with van der Waals surface area (Å²) in [5, 5.41) is 5.34. The van der Waals surface area contributed by atoms with Crippen LogP contribution in [0.2, 0.25) is 0 Å². The van der Waals surface area contributed by atoms with Gasteiger partial charge in [0.1, 0.15) is 0 Å². The summed E-state index contributed by atoms with van der Waals surface area (Å²) in [5.41, 5.74) is 1.26. The SMILES string of the molecule is CCCNC(=O)C(/C=C(\C=O)C(=O)NCC)=C/N(C)Cc1ccccc1. The van der Waals surface area contributed by atoms with E-state index in [1.807, 2.05) is 49.2 Å². The van der Waals surface area contributed by atoms with Gasteiger partial charge >= 0.3 is 0 Å². The van der Waals surface area contributed by atoms with Gasteiger partial charge in [0, 0.05) is 32.9 Å². The van der Waals surface area contributed by atoms with E-state index in [0.29, 0.717) is 25.9 Å². The van der Waals surface area contributed by atoms with Crippen molar-refractivity contribution in [3.05, 3.63) is 59.3 Å². The molecule has 0 aromatic heterocycles. The van der Waals surface area contributed by atoms with Crippen molar-refractivity contribution in [1.82, 2.24) is 15.5 Å². The van der Waals surface area contributed by atoms with E-state index in [1.165, 1.54) is 6.08 Å². The fraction of sp³-hybridized carbons (Fsp3) is 0.350. The number of hydrogen-bond acceptors (Lipinski definition) is 4. The Hall–Kier alpha value is -2.89. The lowest BCUT2D eigenvalue weighted by Gasteiger charge is -2.16. The molecular weight excluding hydrogens is 330 g/mol. The zero-order valence-corrected chi connectivity index (χ0v) is 15.6. The summed E-state index contributed by atoms with van der Waals surface area (Å²) in [7, 11) is 1.83. The molecule has 0 heterocycles. The Morgan fingerprint density at radius 3 is 2.27 bits per heavy atom. The van der Waals surface area contributed by atoms with E-state index in [1.54, 1.807) is 13.1 Å². The molecule has 0 aliphatic heterocycles. The van der Waals surface area contributed by atoms with E-state index in [-0.39, 0.29) is 17.1 Å². The molecule has 2 N–H and O–H groups in total. The van der Waals surface area contributed by atoms with Crippen molar-refractivity contribution in [3.8, 4) is 0 Å². The molecule has 1 rings (SSSR count). The van der Waals surface area contributed by atoms with E-state index < -0.39 is 5.91 Å². The van der Waals surface area contributed by atoms with Crippen molar-refractivity contribution in [1.29, 1.82) is 0 Å². The fourth-order valence-corrected chi connectivity index (χ4v) is 2.24. The molecule has 0 fully saturated rings. The van der Waals surface area contributed by atoms with Gasteiger partial charge in [0.25, 0.3) is 11.8 Å². The Morgan fingerprint density at radius 2 is 1.69 bits per heavy atom. The second-order valence-electron chi connectivity index (χ2n) is 5.82. The second kappa shape index (κ2) is 11.6. The predicted octanol–water partition coefficient (Wildman–Crippen LogP) is 1.79. The highest BCUT2D eigenvalue weighted by molar-refractivity contribution is 6.12. The molecule has 0 aliphatic rings. The minimum absolute atomic E-state index is 0.0853. The van der Waals surface area contributed by atoms with E-state index in [9.17, 15) is 14.4 Å². The van der Waals surface area contributed by atoms with Crippen LogP contribution in [-0.2, 0) is 20.9 Å². The van der Waals surface area contributed by atoms with Gasteiger partial charge in [-0.2, -0.15) is 0 Å². The number of carbonyl (C=O) groups is 3. The van der Waals surface area contributed by atoms with Crippen LogP contribution >= 0.6 is 0 Å². The highest BCUT2D eigenvalue weighted by Crippen LogP contribution is 2.08. The number of rotatable bonds is 10. The first-order valence-electron chi connectivity index (χ1n) is 8.71. The molecule has 0 radical (unpaired) electrons. The van der Waals surface area contributed by atoms with Crippen LogP contribution in [0.4, 0.5) is 0 Å². The Labute approximate surface area is 155 Å². The molecule has 140 valence electrons. The Balaban J connectivity index is 3.07. The maximum absolute atomic E-state index is 12.4. The van der Waals surface area contributed by atoms with Crippen molar-refractivity contribution in [2.75, 3.05) is 20.1 Å². The van der Waals surface area contributed by atoms with Gasteiger partial charge in [0.05, 0.1) is 11.1 Å². The summed E-state index contributed by atoms with van der Waals surface area (Å²) >= 11 is 0. The quantitative estimate of drug-likeness (QED) is 0.220.